The standard InChI is InChI=1S/C17H9NO5/c18-8-9-1-3-10(4-2-9)16(21)13-7-12-14(20)5-11(19)6-15(12)23-17(13)22/h1-7,19-20H. The number of phenolic OH excluding ortho intramolecular Hbond substituents is 2. The molecule has 1 heterocycles. The Morgan fingerprint density at radius 1 is 1.09 bits per heavy atom. The number of benzene rings is 2. The summed E-state index contributed by atoms with van der Waals surface area (Å²) in [6.07, 6.45) is 0. The van der Waals surface area contributed by atoms with Crippen molar-refractivity contribution in [3.05, 3.63) is 69.6 Å². The van der Waals surface area contributed by atoms with Crippen molar-refractivity contribution in [2.75, 3.05) is 0 Å². The fraction of sp³-hybridized carbons (Fsp3) is 0. The van der Waals surface area contributed by atoms with Gasteiger partial charge in [-0.25, -0.2) is 4.79 Å². The van der Waals surface area contributed by atoms with E-state index in [2.05, 4.69) is 0 Å². The van der Waals surface area contributed by atoms with Crippen molar-refractivity contribution < 1.29 is 19.4 Å². The average molecular weight is 307 g/mol. The number of rotatable bonds is 2. The van der Waals surface area contributed by atoms with E-state index < -0.39 is 11.4 Å². The molecule has 0 bridgehead atoms. The van der Waals surface area contributed by atoms with Crippen LogP contribution in [0.2, 0.25) is 0 Å². The molecular formula is C17H9NO5. The lowest BCUT2D eigenvalue weighted by Gasteiger charge is -2.04. The third-order valence-electron chi connectivity index (χ3n) is 3.34. The highest BCUT2D eigenvalue weighted by Crippen LogP contribution is 2.29. The Morgan fingerprint density at radius 3 is 2.43 bits per heavy atom. The minimum atomic E-state index is -0.878. The van der Waals surface area contributed by atoms with E-state index in [1.54, 1.807) is 0 Å². The van der Waals surface area contributed by atoms with Crippen LogP contribution in [0.1, 0.15) is 21.5 Å². The maximum Gasteiger partial charge on any atom is 0.347 e. The van der Waals surface area contributed by atoms with Crippen molar-refractivity contribution in [1.29, 1.82) is 5.26 Å². The number of fused-ring (bicyclic) bond motifs is 1. The van der Waals surface area contributed by atoms with E-state index in [1.165, 1.54) is 36.4 Å². The number of phenols is 2. The molecular weight excluding hydrogens is 298 g/mol. The summed E-state index contributed by atoms with van der Waals surface area (Å²) in [6.45, 7) is 0. The number of hydrogen-bond donors (Lipinski definition) is 2. The molecule has 0 aliphatic rings. The molecule has 0 fully saturated rings. The lowest BCUT2D eigenvalue weighted by molar-refractivity contribution is 0.103. The fourth-order valence-electron chi connectivity index (χ4n) is 2.20. The molecule has 0 saturated carbocycles. The van der Waals surface area contributed by atoms with E-state index >= 15 is 0 Å². The third-order valence-corrected chi connectivity index (χ3v) is 3.34. The van der Waals surface area contributed by atoms with Gasteiger partial charge in [-0.2, -0.15) is 5.26 Å². The fourth-order valence-corrected chi connectivity index (χ4v) is 2.20. The third kappa shape index (κ3) is 2.51. The predicted octanol–water partition coefficient (Wildman–Crippen LogP) is 2.31. The Bertz CT molecular complexity index is 1030. The quantitative estimate of drug-likeness (QED) is 0.555. The smallest absolute Gasteiger partial charge is 0.347 e. The van der Waals surface area contributed by atoms with Gasteiger partial charge in [0.1, 0.15) is 22.6 Å². The summed E-state index contributed by atoms with van der Waals surface area (Å²) in [5, 5.41) is 28.1. The summed E-state index contributed by atoms with van der Waals surface area (Å²) in [7, 11) is 0. The summed E-state index contributed by atoms with van der Waals surface area (Å²) >= 11 is 0. The second-order valence-electron chi connectivity index (χ2n) is 4.84. The summed E-state index contributed by atoms with van der Waals surface area (Å²) in [6, 6.07) is 11.2. The monoisotopic (exact) mass is 307 g/mol. The van der Waals surface area contributed by atoms with Crippen LogP contribution in [-0.4, -0.2) is 16.0 Å². The lowest BCUT2D eigenvalue weighted by atomic mass is 10.0. The second kappa shape index (κ2) is 5.31. The zero-order valence-corrected chi connectivity index (χ0v) is 11.6. The highest BCUT2D eigenvalue weighted by molar-refractivity contribution is 6.10. The summed E-state index contributed by atoms with van der Waals surface area (Å²) in [5.74, 6) is -1.15. The SMILES string of the molecule is N#Cc1ccc(C(=O)c2cc3c(O)cc(O)cc3oc2=O)cc1. The van der Waals surface area contributed by atoms with Gasteiger partial charge >= 0.3 is 5.63 Å². The summed E-state index contributed by atoms with van der Waals surface area (Å²) < 4.78 is 4.99. The van der Waals surface area contributed by atoms with Gasteiger partial charge < -0.3 is 14.6 Å². The zero-order valence-electron chi connectivity index (χ0n) is 11.6. The molecule has 2 aromatic carbocycles. The molecule has 3 aromatic rings. The molecule has 2 N–H and O–H groups in total. The predicted molar refractivity (Wildman–Crippen MR) is 80.4 cm³/mol. The van der Waals surface area contributed by atoms with E-state index in [-0.39, 0.29) is 33.6 Å². The number of nitriles is 1. The van der Waals surface area contributed by atoms with E-state index in [4.69, 9.17) is 9.68 Å². The van der Waals surface area contributed by atoms with Gasteiger partial charge in [-0.15, -0.1) is 0 Å². The number of hydrogen-bond acceptors (Lipinski definition) is 6. The Kier molecular flexibility index (Phi) is 3.31. The van der Waals surface area contributed by atoms with Gasteiger partial charge in [-0.1, -0.05) is 0 Å². The van der Waals surface area contributed by atoms with Gasteiger partial charge in [0.05, 0.1) is 17.0 Å². The normalized spacial score (nSPS) is 10.4. The van der Waals surface area contributed by atoms with E-state index in [1.807, 2.05) is 6.07 Å². The topological polar surface area (TPSA) is 112 Å². The van der Waals surface area contributed by atoms with Gasteiger partial charge in [-0.05, 0) is 30.3 Å². The van der Waals surface area contributed by atoms with Crippen LogP contribution in [0, 0.1) is 11.3 Å². The van der Waals surface area contributed by atoms with Gasteiger partial charge in [0.15, 0.2) is 5.78 Å². The lowest BCUT2D eigenvalue weighted by Crippen LogP contribution is -2.14. The van der Waals surface area contributed by atoms with E-state index in [0.29, 0.717) is 5.56 Å². The zero-order chi connectivity index (χ0) is 16.6. The van der Waals surface area contributed by atoms with Crippen LogP contribution in [-0.2, 0) is 0 Å². The van der Waals surface area contributed by atoms with Crippen molar-refractivity contribution in [2.24, 2.45) is 0 Å². The molecule has 1 aromatic heterocycles. The molecule has 0 radical (unpaired) electrons. The minimum absolute atomic E-state index is 0.0242. The second-order valence-corrected chi connectivity index (χ2v) is 4.84. The number of carbonyl (C=O) groups is 1. The summed E-state index contributed by atoms with van der Waals surface area (Å²) in [4.78, 5) is 24.4. The number of aromatic hydroxyl groups is 2. The van der Waals surface area contributed by atoms with Gasteiger partial charge in [-0.3, -0.25) is 4.79 Å². The molecule has 0 spiro atoms. The van der Waals surface area contributed by atoms with Crippen LogP contribution < -0.4 is 5.63 Å². The first-order valence-corrected chi connectivity index (χ1v) is 6.54. The Hall–Kier alpha value is -3.59. The molecule has 0 aliphatic carbocycles. The van der Waals surface area contributed by atoms with Gasteiger partial charge in [0.25, 0.3) is 0 Å². The van der Waals surface area contributed by atoms with Crippen LogP contribution in [0.5, 0.6) is 11.5 Å². The van der Waals surface area contributed by atoms with Crippen LogP contribution >= 0.6 is 0 Å². The van der Waals surface area contributed by atoms with Gasteiger partial charge in [0, 0.05) is 17.7 Å². The maximum absolute atomic E-state index is 12.4. The minimum Gasteiger partial charge on any atom is -0.508 e. The van der Waals surface area contributed by atoms with Crippen LogP contribution in [0.25, 0.3) is 11.0 Å². The van der Waals surface area contributed by atoms with Crippen LogP contribution in [0.15, 0.2) is 51.7 Å². The molecule has 0 atom stereocenters. The molecule has 112 valence electrons. The molecule has 0 saturated heterocycles. The van der Waals surface area contributed by atoms with Crippen LogP contribution in [0.3, 0.4) is 0 Å². The molecule has 6 nitrogen and oxygen atoms in total. The molecule has 0 aliphatic heterocycles. The molecule has 0 unspecified atom stereocenters. The largest absolute Gasteiger partial charge is 0.508 e. The first kappa shape index (κ1) is 14.4. The van der Waals surface area contributed by atoms with E-state index in [9.17, 15) is 19.8 Å². The average Bonchev–Trinajstić information content (AvgIpc) is 2.53. The Labute approximate surface area is 129 Å². The highest BCUT2D eigenvalue weighted by Gasteiger charge is 2.17. The number of carbonyl (C=O) groups excluding carboxylic acids is 1. The van der Waals surface area contributed by atoms with Crippen molar-refractivity contribution in [3.8, 4) is 17.6 Å². The van der Waals surface area contributed by atoms with Crippen molar-refractivity contribution in [1.82, 2.24) is 0 Å². The maximum atomic E-state index is 12.4. The van der Waals surface area contributed by atoms with Gasteiger partial charge in [0.2, 0.25) is 0 Å². The molecule has 6 heteroatoms. The van der Waals surface area contributed by atoms with Crippen molar-refractivity contribution in [2.45, 2.75) is 0 Å². The Morgan fingerprint density at radius 2 is 1.78 bits per heavy atom. The van der Waals surface area contributed by atoms with Crippen LogP contribution in [0.4, 0.5) is 0 Å². The van der Waals surface area contributed by atoms with Crippen molar-refractivity contribution >= 4 is 16.8 Å². The highest BCUT2D eigenvalue weighted by atomic mass is 16.4. The Balaban J connectivity index is 2.15. The molecule has 3 rings (SSSR count). The molecule has 23 heavy (non-hydrogen) atoms. The first-order valence-electron chi connectivity index (χ1n) is 6.54. The number of ketones is 1. The number of nitrogens with zero attached hydrogens (tertiary/aromatic N) is 1. The first-order chi connectivity index (χ1) is 11.0. The summed E-state index contributed by atoms with van der Waals surface area (Å²) in [5.41, 5.74) is -0.543. The van der Waals surface area contributed by atoms with Crippen molar-refractivity contribution in [3.63, 3.8) is 0 Å². The van der Waals surface area contributed by atoms with E-state index in [0.717, 1.165) is 6.07 Å². The molecule has 0 amide bonds.